The lowest BCUT2D eigenvalue weighted by Crippen LogP contribution is -2.54. The fourth-order valence-electron chi connectivity index (χ4n) is 2.64. The Kier molecular flexibility index (Phi) is 6.36. The van der Waals surface area contributed by atoms with Crippen molar-refractivity contribution in [3.8, 4) is 0 Å². The standard InChI is InChI=1S/C14H28N2O2/c1-8-10-11(3)14(9-2,12(17)15(4)5)13(18)16(6)7/h11H,8-10H2,1-7H3. The van der Waals surface area contributed by atoms with Crippen LogP contribution >= 0.6 is 0 Å². The van der Waals surface area contributed by atoms with Gasteiger partial charge in [-0.05, 0) is 18.8 Å². The van der Waals surface area contributed by atoms with E-state index in [0.717, 1.165) is 12.8 Å². The second-order valence-corrected chi connectivity index (χ2v) is 5.41. The van der Waals surface area contributed by atoms with Gasteiger partial charge in [0, 0.05) is 28.2 Å². The summed E-state index contributed by atoms with van der Waals surface area (Å²) in [6, 6.07) is 0. The molecule has 0 aromatic rings. The molecule has 0 saturated carbocycles. The van der Waals surface area contributed by atoms with Crippen molar-refractivity contribution in [2.45, 2.75) is 40.0 Å². The summed E-state index contributed by atoms with van der Waals surface area (Å²) in [6.07, 6.45) is 2.40. The molecule has 0 saturated heterocycles. The maximum atomic E-state index is 12.5. The zero-order valence-corrected chi connectivity index (χ0v) is 12.9. The van der Waals surface area contributed by atoms with Crippen LogP contribution in [-0.4, -0.2) is 49.8 Å². The largest absolute Gasteiger partial charge is 0.348 e. The Morgan fingerprint density at radius 1 is 1.00 bits per heavy atom. The Labute approximate surface area is 111 Å². The highest BCUT2D eigenvalue weighted by Crippen LogP contribution is 2.37. The van der Waals surface area contributed by atoms with Gasteiger partial charge in [0.2, 0.25) is 11.8 Å². The van der Waals surface area contributed by atoms with Crippen LogP contribution in [0.25, 0.3) is 0 Å². The van der Waals surface area contributed by atoms with E-state index >= 15 is 0 Å². The second-order valence-electron chi connectivity index (χ2n) is 5.41. The monoisotopic (exact) mass is 256 g/mol. The molecular weight excluding hydrogens is 228 g/mol. The zero-order chi connectivity index (χ0) is 14.5. The lowest BCUT2D eigenvalue weighted by Gasteiger charge is -2.39. The molecule has 4 nitrogen and oxygen atoms in total. The average molecular weight is 256 g/mol. The van der Waals surface area contributed by atoms with Gasteiger partial charge in [-0.25, -0.2) is 0 Å². The van der Waals surface area contributed by atoms with Crippen LogP contribution in [0.15, 0.2) is 0 Å². The second kappa shape index (κ2) is 6.76. The molecule has 18 heavy (non-hydrogen) atoms. The Balaban J connectivity index is 5.61. The number of rotatable bonds is 6. The van der Waals surface area contributed by atoms with E-state index in [2.05, 4.69) is 6.92 Å². The molecule has 4 heteroatoms. The van der Waals surface area contributed by atoms with E-state index in [1.165, 1.54) is 9.80 Å². The van der Waals surface area contributed by atoms with Crippen LogP contribution in [0, 0.1) is 11.3 Å². The lowest BCUT2D eigenvalue weighted by molar-refractivity contribution is -0.158. The molecule has 0 N–H and O–H groups in total. The number of hydrogen-bond acceptors (Lipinski definition) is 2. The van der Waals surface area contributed by atoms with E-state index in [1.54, 1.807) is 28.2 Å². The third-order valence-corrected chi connectivity index (χ3v) is 3.70. The van der Waals surface area contributed by atoms with E-state index in [0.29, 0.717) is 6.42 Å². The summed E-state index contributed by atoms with van der Waals surface area (Å²) >= 11 is 0. The van der Waals surface area contributed by atoms with Gasteiger partial charge in [0.05, 0.1) is 0 Å². The molecular formula is C14H28N2O2. The predicted molar refractivity (Wildman–Crippen MR) is 74.2 cm³/mol. The van der Waals surface area contributed by atoms with Crippen molar-refractivity contribution in [2.75, 3.05) is 28.2 Å². The van der Waals surface area contributed by atoms with Gasteiger partial charge < -0.3 is 9.80 Å². The van der Waals surface area contributed by atoms with Crippen molar-refractivity contribution in [1.82, 2.24) is 9.80 Å². The molecule has 106 valence electrons. The number of carbonyl (C=O) groups is 2. The smallest absolute Gasteiger partial charge is 0.238 e. The van der Waals surface area contributed by atoms with Crippen LogP contribution < -0.4 is 0 Å². The van der Waals surface area contributed by atoms with Gasteiger partial charge in [0.15, 0.2) is 0 Å². The minimum Gasteiger partial charge on any atom is -0.348 e. The molecule has 0 aliphatic carbocycles. The number of nitrogens with zero attached hydrogens (tertiary/aromatic N) is 2. The summed E-state index contributed by atoms with van der Waals surface area (Å²) in [6.45, 7) is 6.02. The van der Waals surface area contributed by atoms with Gasteiger partial charge in [-0.2, -0.15) is 0 Å². The molecule has 0 aromatic heterocycles. The first kappa shape index (κ1) is 16.9. The quantitative estimate of drug-likeness (QED) is 0.682. The molecule has 0 aliphatic heterocycles. The Morgan fingerprint density at radius 2 is 1.39 bits per heavy atom. The van der Waals surface area contributed by atoms with Crippen molar-refractivity contribution >= 4 is 11.8 Å². The molecule has 1 unspecified atom stereocenters. The molecule has 0 aliphatic rings. The van der Waals surface area contributed by atoms with Crippen molar-refractivity contribution in [1.29, 1.82) is 0 Å². The van der Waals surface area contributed by atoms with Crippen LogP contribution in [0.2, 0.25) is 0 Å². The minimum absolute atomic E-state index is 0.0531. The van der Waals surface area contributed by atoms with E-state index in [1.807, 2.05) is 13.8 Å². The molecule has 0 spiro atoms. The van der Waals surface area contributed by atoms with Gasteiger partial charge >= 0.3 is 0 Å². The topological polar surface area (TPSA) is 40.6 Å². The molecule has 0 fully saturated rings. The zero-order valence-electron chi connectivity index (χ0n) is 12.9. The van der Waals surface area contributed by atoms with Crippen LogP contribution in [0.3, 0.4) is 0 Å². The summed E-state index contributed by atoms with van der Waals surface area (Å²) in [5.41, 5.74) is -0.914. The average Bonchev–Trinajstić information content (AvgIpc) is 2.30. The SMILES string of the molecule is CCCC(C)C(CC)(C(=O)N(C)C)C(=O)N(C)C. The predicted octanol–water partition coefficient (Wildman–Crippen LogP) is 2.00. The number of hydrogen-bond donors (Lipinski definition) is 0. The maximum Gasteiger partial charge on any atom is 0.238 e. The van der Waals surface area contributed by atoms with Gasteiger partial charge in [0.25, 0.3) is 0 Å². The van der Waals surface area contributed by atoms with Gasteiger partial charge in [0.1, 0.15) is 5.41 Å². The van der Waals surface area contributed by atoms with Crippen LogP contribution in [0.5, 0.6) is 0 Å². The van der Waals surface area contributed by atoms with Crippen LogP contribution in [0.4, 0.5) is 0 Å². The van der Waals surface area contributed by atoms with Crippen molar-refractivity contribution in [3.05, 3.63) is 0 Å². The summed E-state index contributed by atoms with van der Waals surface area (Å²) in [4.78, 5) is 28.2. The fraction of sp³-hybridized carbons (Fsp3) is 0.857. The molecule has 2 amide bonds. The Morgan fingerprint density at radius 3 is 1.61 bits per heavy atom. The molecule has 0 rings (SSSR count). The van der Waals surface area contributed by atoms with Gasteiger partial charge in [-0.3, -0.25) is 9.59 Å². The molecule has 1 atom stereocenters. The van der Waals surface area contributed by atoms with Crippen LogP contribution in [-0.2, 0) is 9.59 Å². The molecule has 0 aromatic carbocycles. The molecule has 0 radical (unpaired) electrons. The van der Waals surface area contributed by atoms with E-state index < -0.39 is 5.41 Å². The molecule has 0 heterocycles. The fourth-order valence-corrected chi connectivity index (χ4v) is 2.64. The summed E-state index contributed by atoms with van der Waals surface area (Å²) in [5, 5.41) is 0. The van der Waals surface area contributed by atoms with E-state index in [9.17, 15) is 9.59 Å². The highest BCUT2D eigenvalue weighted by molar-refractivity contribution is 6.05. The van der Waals surface area contributed by atoms with Crippen molar-refractivity contribution in [3.63, 3.8) is 0 Å². The Bertz CT molecular complexity index is 278. The third-order valence-electron chi connectivity index (χ3n) is 3.70. The highest BCUT2D eigenvalue weighted by atomic mass is 16.2. The van der Waals surface area contributed by atoms with E-state index in [-0.39, 0.29) is 17.7 Å². The lowest BCUT2D eigenvalue weighted by atomic mass is 9.70. The summed E-state index contributed by atoms with van der Waals surface area (Å²) in [5.74, 6) is -0.105. The normalized spacial score (nSPS) is 13.1. The first-order valence-corrected chi connectivity index (χ1v) is 6.69. The molecule has 0 bridgehead atoms. The van der Waals surface area contributed by atoms with Gasteiger partial charge in [-0.1, -0.05) is 27.2 Å². The summed E-state index contributed by atoms with van der Waals surface area (Å²) < 4.78 is 0. The van der Waals surface area contributed by atoms with Crippen molar-refractivity contribution < 1.29 is 9.59 Å². The summed E-state index contributed by atoms with van der Waals surface area (Å²) in [7, 11) is 6.87. The maximum absolute atomic E-state index is 12.5. The first-order chi connectivity index (χ1) is 8.25. The number of amides is 2. The first-order valence-electron chi connectivity index (χ1n) is 6.69. The number of carbonyl (C=O) groups excluding carboxylic acids is 2. The van der Waals surface area contributed by atoms with Gasteiger partial charge in [-0.15, -0.1) is 0 Å². The van der Waals surface area contributed by atoms with Crippen LogP contribution in [0.1, 0.15) is 40.0 Å². The Hall–Kier alpha value is -1.06. The van der Waals surface area contributed by atoms with E-state index in [4.69, 9.17) is 0 Å². The highest BCUT2D eigenvalue weighted by Gasteiger charge is 2.49. The third kappa shape index (κ3) is 3.03. The minimum atomic E-state index is -0.914. The van der Waals surface area contributed by atoms with Crippen molar-refractivity contribution in [2.24, 2.45) is 11.3 Å².